The Morgan fingerprint density at radius 3 is 2.10 bits per heavy atom. The van der Waals surface area contributed by atoms with Crippen LogP contribution in [0.3, 0.4) is 0 Å². The van der Waals surface area contributed by atoms with E-state index in [1.54, 1.807) is 24.3 Å². The molecule has 0 spiro atoms. The molecule has 1 aromatic rings. The van der Waals surface area contributed by atoms with Crippen LogP contribution in [0.25, 0.3) is 0 Å². The average molecular weight is 404 g/mol. The highest BCUT2D eigenvalue weighted by atomic mass is 79.9. The van der Waals surface area contributed by atoms with Crippen molar-refractivity contribution in [2.75, 3.05) is 0 Å². The molecule has 0 saturated carbocycles. The lowest BCUT2D eigenvalue weighted by molar-refractivity contribution is -0.749. The van der Waals surface area contributed by atoms with Gasteiger partial charge in [0, 0.05) is 10.0 Å². The third kappa shape index (κ3) is 6.19. The smallest absolute Gasteiger partial charge is 0.262 e. The minimum atomic E-state index is -1.60. The van der Waals surface area contributed by atoms with E-state index in [4.69, 9.17) is 34.8 Å². The zero-order chi connectivity index (χ0) is 15.6. The predicted molar refractivity (Wildman–Crippen MR) is 87.4 cm³/mol. The van der Waals surface area contributed by atoms with Crippen molar-refractivity contribution in [3.63, 3.8) is 0 Å². The molecule has 3 N–H and O–H groups in total. The van der Waals surface area contributed by atoms with Crippen molar-refractivity contribution in [3.8, 4) is 0 Å². The Kier molecular flexibility index (Phi) is 6.17. The fourth-order valence-electron chi connectivity index (χ4n) is 1.54. The first-order valence-electron chi connectivity index (χ1n) is 5.98. The predicted octanol–water partition coefficient (Wildman–Crippen LogP) is 3.24. The van der Waals surface area contributed by atoms with Crippen molar-refractivity contribution < 1.29 is 10.1 Å². The summed E-state index contributed by atoms with van der Waals surface area (Å²) in [5.74, 6) is -0.283. The van der Waals surface area contributed by atoms with E-state index in [9.17, 15) is 4.79 Å². The summed E-state index contributed by atoms with van der Waals surface area (Å²) >= 11 is 21.1. The number of amides is 1. The van der Waals surface area contributed by atoms with Crippen LogP contribution in [0, 0.1) is 0 Å². The molecule has 0 bridgehead atoms. The zero-order valence-corrected chi connectivity index (χ0v) is 15.2. The topological polar surface area (TPSA) is 45.7 Å². The highest BCUT2D eigenvalue weighted by molar-refractivity contribution is 9.10. The van der Waals surface area contributed by atoms with E-state index in [-0.39, 0.29) is 11.4 Å². The van der Waals surface area contributed by atoms with E-state index in [1.165, 1.54) is 0 Å². The first kappa shape index (κ1) is 18.1. The van der Waals surface area contributed by atoms with Crippen molar-refractivity contribution in [1.82, 2.24) is 5.32 Å². The normalized spacial score (nSPS) is 13.9. The second-order valence-corrected chi connectivity index (χ2v) is 8.82. The number of halogens is 4. The Bertz CT molecular complexity index is 466. The summed E-state index contributed by atoms with van der Waals surface area (Å²) < 4.78 is -0.702. The van der Waals surface area contributed by atoms with Gasteiger partial charge in [-0.3, -0.25) is 10.1 Å². The Morgan fingerprint density at radius 1 is 1.20 bits per heavy atom. The van der Waals surface area contributed by atoms with Gasteiger partial charge in [0.1, 0.15) is 0 Å². The third-order valence-corrected chi connectivity index (χ3v) is 3.65. The summed E-state index contributed by atoms with van der Waals surface area (Å²) in [6.07, 6.45) is -0.677. The van der Waals surface area contributed by atoms with Gasteiger partial charge in [-0.25, -0.2) is 0 Å². The van der Waals surface area contributed by atoms with E-state index in [1.807, 2.05) is 26.1 Å². The quantitative estimate of drug-likeness (QED) is 0.591. The lowest BCUT2D eigenvalue weighted by Crippen LogP contribution is -3.03. The second kappa shape index (κ2) is 6.84. The van der Waals surface area contributed by atoms with Crippen LogP contribution in [-0.2, 0) is 0 Å². The minimum Gasteiger partial charge on any atom is -0.319 e. The molecule has 20 heavy (non-hydrogen) atoms. The maximum Gasteiger partial charge on any atom is 0.262 e. The first-order chi connectivity index (χ1) is 8.99. The SMILES string of the molecule is CC(C)(C)[NH2+]C(NC(=O)c1ccc(Br)cc1)C(Cl)(Cl)Cl. The maximum atomic E-state index is 12.2. The Labute approximate surface area is 142 Å². The monoisotopic (exact) mass is 401 g/mol. The van der Waals surface area contributed by atoms with Crippen LogP contribution >= 0.6 is 50.7 Å². The molecule has 0 aliphatic heterocycles. The van der Waals surface area contributed by atoms with Crippen molar-refractivity contribution in [3.05, 3.63) is 34.3 Å². The van der Waals surface area contributed by atoms with E-state index < -0.39 is 9.96 Å². The van der Waals surface area contributed by atoms with Crippen LogP contribution in [0.15, 0.2) is 28.7 Å². The minimum absolute atomic E-state index is 0.193. The van der Waals surface area contributed by atoms with Crippen LogP contribution in [0.2, 0.25) is 0 Å². The number of nitrogens with two attached hydrogens (primary N) is 1. The number of nitrogens with one attached hydrogen (secondary N) is 1. The second-order valence-electron chi connectivity index (χ2n) is 5.53. The van der Waals surface area contributed by atoms with Crippen molar-refractivity contribution in [1.29, 1.82) is 0 Å². The molecule has 0 radical (unpaired) electrons. The zero-order valence-electron chi connectivity index (χ0n) is 11.4. The molecule has 3 nitrogen and oxygen atoms in total. The average Bonchev–Trinajstić information content (AvgIpc) is 2.25. The molecule has 7 heteroatoms. The summed E-state index contributed by atoms with van der Waals surface area (Å²) in [4.78, 5) is 12.2. The summed E-state index contributed by atoms with van der Waals surface area (Å²) in [6, 6.07) is 6.97. The number of carbonyl (C=O) groups excluding carboxylic acids is 1. The van der Waals surface area contributed by atoms with Gasteiger partial charge in [-0.2, -0.15) is 0 Å². The van der Waals surface area contributed by atoms with Gasteiger partial charge in [0.15, 0.2) is 0 Å². The van der Waals surface area contributed by atoms with Crippen LogP contribution in [0.1, 0.15) is 31.1 Å². The lowest BCUT2D eigenvalue weighted by Gasteiger charge is -2.29. The molecule has 0 heterocycles. The van der Waals surface area contributed by atoms with E-state index in [2.05, 4.69) is 21.2 Å². The molecule has 1 atom stereocenters. The number of quaternary nitrogens is 1. The number of benzene rings is 1. The van der Waals surface area contributed by atoms with Gasteiger partial charge in [0.05, 0.1) is 5.54 Å². The molecule has 1 aromatic carbocycles. The Balaban J connectivity index is 2.84. The molecule has 0 aliphatic rings. The number of alkyl halides is 3. The molecule has 1 unspecified atom stereocenters. The van der Waals surface area contributed by atoms with Gasteiger partial charge in [0.2, 0.25) is 6.17 Å². The summed E-state index contributed by atoms with van der Waals surface area (Å²) in [5.41, 5.74) is 0.316. The van der Waals surface area contributed by atoms with Crippen molar-refractivity contribution >= 4 is 56.6 Å². The van der Waals surface area contributed by atoms with E-state index in [0.29, 0.717) is 5.56 Å². The van der Waals surface area contributed by atoms with Gasteiger partial charge in [-0.05, 0) is 45.0 Å². The van der Waals surface area contributed by atoms with Gasteiger partial charge in [-0.15, -0.1) is 0 Å². The molecule has 1 rings (SSSR count). The van der Waals surface area contributed by atoms with E-state index in [0.717, 1.165) is 4.47 Å². The highest BCUT2D eigenvalue weighted by Gasteiger charge is 2.40. The Hall–Kier alpha value is -0.000000000000000111. The fraction of sp³-hybridized carbons (Fsp3) is 0.462. The van der Waals surface area contributed by atoms with Crippen LogP contribution < -0.4 is 10.6 Å². The summed E-state index contributed by atoms with van der Waals surface area (Å²) in [6.45, 7) is 5.92. The van der Waals surface area contributed by atoms with Gasteiger partial charge >= 0.3 is 0 Å². The van der Waals surface area contributed by atoms with Crippen LogP contribution in [-0.4, -0.2) is 21.4 Å². The third-order valence-electron chi connectivity index (χ3n) is 2.41. The maximum absolute atomic E-state index is 12.2. The lowest BCUT2D eigenvalue weighted by atomic mass is 10.1. The molecule has 0 saturated heterocycles. The molecule has 0 fully saturated rings. The first-order valence-corrected chi connectivity index (χ1v) is 7.91. The van der Waals surface area contributed by atoms with Crippen LogP contribution in [0.5, 0.6) is 0 Å². The van der Waals surface area contributed by atoms with Crippen molar-refractivity contribution in [2.45, 2.75) is 36.3 Å². The summed E-state index contributed by atoms with van der Waals surface area (Å²) in [7, 11) is 0. The fourth-order valence-corrected chi connectivity index (χ4v) is 2.16. The molecule has 112 valence electrons. The molecular weight excluding hydrogens is 386 g/mol. The molecule has 0 aliphatic carbocycles. The molecule has 0 aromatic heterocycles. The molecule has 1 amide bonds. The number of rotatable bonds is 3. The van der Waals surface area contributed by atoms with Crippen molar-refractivity contribution in [2.24, 2.45) is 0 Å². The van der Waals surface area contributed by atoms with Gasteiger partial charge < -0.3 is 5.32 Å². The van der Waals surface area contributed by atoms with Gasteiger partial charge in [0.25, 0.3) is 9.70 Å². The highest BCUT2D eigenvalue weighted by Crippen LogP contribution is 2.28. The van der Waals surface area contributed by atoms with Gasteiger partial charge in [-0.1, -0.05) is 50.7 Å². The number of hydrogen-bond donors (Lipinski definition) is 2. The van der Waals surface area contributed by atoms with Crippen LogP contribution in [0.4, 0.5) is 0 Å². The standard InChI is InChI=1S/C13H16BrCl3N2O/c1-12(2,3)19-11(13(15,16)17)18-10(20)8-4-6-9(14)7-5-8/h4-7,11,19H,1-3H3,(H,18,20)/p+1. The number of hydrogen-bond acceptors (Lipinski definition) is 1. The van der Waals surface area contributed by atoms with E-state index >= 15 is 0 Å². The molecular formula is C13H17BrCl3N2O+. The summed E-state index contributed by atoms with van der Waals surface area (Å²) in [5, 5.41) is 4.56. The number of carbonyl (C=O) groups is 1. The largest absolute Gasteiger partial charge is 0.319 e. The Morgan fingerprint density at radius 2 is 1.70 bits per heavy atom.